The Balaban J connectivity index is 1.59. The second-order valence-electron chi connectivity index (χ2n) is 6.73. The summed E-state index contributed by atoms with van der Waals surface area (Å²) in [5.41, 5.74) is 3.32. The van der Waals surface area contributed by atoms with Crippen LogP contribution in [0.15, 0.2) is 55.1 Å². The molecule has 1 aliphatic rings. The van der Waals surface area contributed by atoms with Gasteiger partial charge in [0.25, 0.3) is 0 Å². The molecule has 5 nitrogen and oxygen atoms in total. The number of fused-ring (bicyclic) bond motifs is 1. The third-order valence-electron chi connectivity index (χ3n) is 4.84. The number of piperidine rings is 1. The summed E-state index contributed by atoms with van der Waals surface area (Å²) in [6.07, 6.45) is 8.21. The van der Waals surface area contributed by atoms with Crippen molar-refractivity contribution in [3.63, 3.8) is 0 Å². The van der Waals surface area contributed by atoms with Crippen LogP contribution in [0.3, 0.4) is 0 Å². The maximum atomic E-state index is 4.54. The van der Waals surface area contributed by atoms with Crippen LogP contribution in [0.1, 0.15) is 12.8 Å². The van der Waals surface area contributed by atoms with Gasteiger partial charge in [0.05, 0.1) is 6.20 Å². The van der Waals surface area contributed by atoms with Crippen molar-refractivity contribution >= 4 is 16.6 Å². The molecule has 0 amide bonds. The highest BCUT2D eigenvalue weighted by Gasteiger charge is 2.16. The molecule has 1 saturated heterocycles. The lowest BCUT2D eigenvalue weighted by molar-refractivity contribution is 0.424. The molecular formula is C20H23N5. The van der Waals surface area contributed by atoms with Gasteiger partial charge in [0.15, 0.2) is 0 Å². The van der Waals surface area contributed by atoms with Gasteiger partial charge in [0, 0.05) is 48.6 Å². The van der Waals surface area contributed by atoms with E-state index in [1.807, 2.05) is 30.3 Å². The Morgan fingerprint density at radius 2 is 2.16 bits per heavy atom. The zero-order valence-electron chi connectivity index (χ0n) is 14.5. The lowest BCUT2D eigenvalue weighted by atomic mass is 9.97. The Bertz CT molecular complexity index is 905. The number of aromatic nitrogens is 3. The molecule has 0 saturated carbocycles. The van der Waals surface area contributed by atoms with E-state index in [2.05, 4.69) is 51.6 Å². The number of nitrogens with zero attached hydrogens (tertiary/aromatic N) is 3. The third kappa shape index (κ3) is 3.42. The largest absolute Gasteiger partial charge is 0.344 e. The minimum absolute atomic E-state index is 0.466. The molecule has 128 valence electrons. The summed E-state index contributed by atoms with van der Waals surface area (Å²) >= 11 is 0. The summed E-state index contributed by atoms with van der Waals surface area (Å²) in [6, 6.07) is 8.50. The summed E-state index contributed by atoms with van der Waals surface area (Å²) in [7, 11) is 1.93. The molecular weight excluding hydrogens is 310 g/mol. The van der Waals surface area contributed by atoms with Crippen molar-refractivity contribution < 1.29 is 0 Å². The molecule has 3 aromatic rings. The zero-order chi connectivity index (χ0) is 17.2. The van der Waals surface area contributed by atoms with Gasteiger partial charge >= 0.3 is 0 Å². The van der Waals surface area contributed by atoms with E-state index in [9.17, 15) is 0 Å². The maximum Gasteiger partial charge on any atom is 0.130 e. The Labute approximate surface area is 147 Å². The highest BCUT2D eigenvalue weighted by molar-refractivity contribution is 5.88. The van der Waals surface area contributed by atoms with Gasteiger partial charge in [-0.15, -0.1) is 0 Å². The van der Waals surface area contributed by atoms with E-state index >= 15 is 0 Å². The molecule has 1 aliphatic heterocycles. The number of pyridine rings is 1. The Morgan fingerprint density at radius 1 is 1.24 bits per heavy atom. The predicted molar refractivity (Wildman–Crippen MR) is 102 cm³/mol. The van der Waals surface area contributed by atoms with E-state index in [1.165, 1.54) is 12.8 Å². The van der Waals surface area contributed by atoms with Crippen LogP contribution in [0.5, 0.6) is 0 Å². The molecule has 1 aromatic carbocycles. The molecule has 0 bridgehead atoms. The SMILES string of the molecule is C=C(Nc1cc2cc(-c3cnn(C)c3)ccc2cn1)C1CCCNC1. The standard InChI is InChI=1S/C20H23N5/c1-14(16-4-3-7-21-10-16)24-20-9-18-8-15(5-6-17(18)11-22-20)19-12-23-25(2)13-19/h5-6,8-9,11-13,16,21H,1,3-4,7,10H2,2H3,(H,22,24). The first-order valence-electron chi connectivity index (χ1n) is 8.74. The quantitative estimate of drug-likeness (QED) is 0.766. The molecule has 3 heterocycles. The molecule has 25 heavy (non-hydrogen) atoms. The zero-order valence-corrected chi connectivity index (χ0v) is 14.5. The number of hydrogen-bond donors (Lipinski definition) is 2. The minimum Gasteiger partial charge on any atom is -0.344 e. The Kier molecular flexibility index (Phi) is 4.24. The molecule has 0 aliphatic carbocycles. The molecule has 2 N–H and O–H groups in total. The summed E-state index contributed by atoms with van der Waals surface area (Å²) < 4.78 is 1.82. The van der Waals surface area contributed by atoms with Crippen LogP contribution in [0.25, 0.3) is 21.9 Å². The van der Waals surface area contributed by atoms with Gasteiger partial charge in [-0.05, 0) is 42.5 Å². The lowest BCUT2D eigenvalue weighted by Crippen LogP contribution is -2.32. The van der Waals surface area contributed by atoms with E-state index in [0.717, 1.165) is 46.5 Å². The number of nitrogens with one attached hydrogen (secondary N) is 2. The lowest BCUT2D eigenvalue weighted by Gasteiger charge is -2.25. The summed E-state index contributed by atoms with van der Waals surface area (Å²) in [5, 5.41) is 13.4. The van der Waals surface area contributed by atoms with Gasteiger partial charge < -0.3 is 10.6 Å². The summed E-state index contributed by atoms with van der Waals surface area (Å²) in [6.45, 7) is 6.32. The van der Waals surface area contributed by atoms with Gasteiger partial charge in [-0.1, -0.05) is 18.7 Å². The van der Waals surface area contributed by atoms with Gasteiger partial charge in [-0.3, -0.25) is 4.68 Å². The van der Waals surface area contributed by atoms with Crippen LogP contribution in [0.4, 0.5) is 5.82 Å². The fraction of sp³-hybridized carbons (Fsp3) is 0.300. The van der Waals surface area contributed by atoms with E-state index in [4.69, 9.17) is 0 Å². The topological polar surface area (TPSA) is 54.8 Å². The van der Waals surface area contributed by atoms with E-state index in [-0.39, 0.29) is 0 Å². The summed E-state index contributed by atoms with van der Waals surface area (Å²) in [4.78, 5) is 4.54. The van der Waals surface area contributed by atoms with Crippen molar-refractivity contribution in [2.75, 3.05) is 18.4 Å². The van der Waals surface area contributed by atoms with Crippen LogP contribution in [0.2, 0.25) is 0 Å². The van der Waals surface area contributed by atoms with Crippen molar-refractivity contribution in [3.05, 3.63) is 55.1 Å². The smallest absolute Gasteiger partial charge is 0.130 e. The van der Waals surface area contributed by atoms with Crippen LogP contribution in [-0.2, 0) is 7.05 Å². The fourth-order valence-electron chi connectivity index (χ4n) is 3.37. The molecule has 5 heteroatoms. The first kappa shape index (κ1) is 15.8. The number of hydrogen-bond acceptors (Lipinski definition) is 4. The molecule has 0 radical (unpaired) electrons. The molecule has 1 unspecified atom stereocenters. The van der Waals surface area contributed by atoms with Gasteiger partial charge in [0.2, 0.25) is 0 Å². The van der Waals surface area contributed by atoms with Crippen LogP contribution in [0, 0.1) is 5.92 Å². The van der Waals surface area contributed by atoms with Crippen LogP contribution >= 0.6 is 0 Å². The average molecular weight is 333 g/mol. The van der Waals surface area contributed by atoms with Crippen molar-refractivity contribution in [1.82, 2.24) is 20.1 Å². The third-order valence-corrected chi connectivity index (χ3v) is 4.84. The maximum absolute atomic E-state index is 4.54. The number of rotatable bonds is 4. The normalized spacial score (nSPS) is 17.6. The monoisotopic (exact) mass is 333 g/mol. The Hall–Kier alpha value is -2.66. The predicted octanol–water partition coefficient (Wildman–Crippen LogP) is 3.56. The number of benzene rings is 1. The fourth-order valence-corrected chi connectivity index (χ4v) is 3.37. The molecule has 4 rings (SSSR count). The highest BCUT2D eigenvalue weighted by atomic mass is 15.2. The minimum atomic E-state index is 0.466. The molecule has 1 atom stereocenters. The molecule has 1 fully saturated rings. The Morgan fingerprint density at radius 3 is 2.92 bits per heavy atom. The van der Waals surface area contributed by atoms with Gasteiger partial charge in [-0.25, -0.2) is 4.98 Å². The van der Waals surface area contributed by atoms with Crippen molar-refractivity contribution in [2.45, 2.75) is 12.8 Å². The molecule has 2 aromatic heterocycles. The van der Waals surface area contributed by atoms with Gasteiger partial charge in [-0.2, -0.15) is 5.10 Å². The highest BCUT2D eigenvalue weighted by Crippen LogP contribution is 2.26. The van der Waals surface area contributed by atoms with Crippen LogP contribution in [-0.4, -0.2) is 27.9 Å². The van der Waals surface area contributed by atoms with Gasteiger partial charge in [0.1, 0.15) is 5.82 Å². The summed E-state index contributed by atoms with van der Waals surface area (Å²) in [5.74, 6) is 1.32. The van der Waals surface area contributed by atoms with Crippen molar-refractivity contribution in [1.29, 1.82) is 0 Å². The van der Waals surface area contributed by atoms with Crippen molar-refractivity contribution in [2.24, 2.45) is 13.0 Å². The number of anilines is 1. The van der Waals surface area contributed by atoms with E-state index < -0.39 is 0 Å². The van der Waals surface area contributed by atoms with E-state index in [1.54, 1.807) is 0 Å². The van der Waals surface area contributed by atoms with Crippen molar-refractivity contribution in [3.8, 4) is 11.1 Å². The molecule has 0 spiro atoms. The van der Waals surface area contributed by atoms with E-state index in [0.29, 0.717) is 5.92 Å². The average Bonchev–Trinajstić information content (AvgIpc) is 3.08. The second-order valence-corrected chi connectivity index (χ2v) is 6.73. The second kappa shape index (κ2) is 6.69. The number of aryl methyl sites for hydroxylation is 1. The van der Waals surface area contributed by atoms with Crippen LogP contribution < -0.4 is 10.6 Å². The first-order valence-corrected chi connectivity index (χ1v) is 8.74. The first-order chi connectivity index (χ1) is 12.2.